The van der Waals surface area contributed by atoms with E-state index in [0.717, 1.165) is 37.7 Å². The highest BCUT2D eigenvalue weighted by molar-refractivity contribution is 5.50. The van der Waals surface area contributed by atoms with Gasteiger partial charge in [-0.25, -0.2) is 0 Å². The third-order valence-corrected chi connectivity index (χ3v) is 4.62. The maximum Gasteiger partial charge on any atom is 0.161 e. The summed E-state index contributed by atoms with van der Waals surface area (Å²) < 4.78 is 11.6. The van der Waals surface area contributed by atoms with Gasteiger partial charge in [0.25, 0.3) is 0 Å². The molecular formula is C16H23NO2. The van der Waals surface area contributed by atoms with Gasteiger partial charge >= 0.3 is 0 Å². The normalized spacial score (nSPS) is 21.2. The fraction of sp³-hybridized carbons (Fsp3) is 0.625. The van der Waals surface area contributed by atoms with E-state index in [1.54, 1.807) is 0 Å². The van der Waals surface area contributed by atoms with Crippen molar-refractivity contribution in [1.82, 2.24) is 0 Å². The minimum Gasteiger partial charge on any atom is -0.490 e. The van der Waals surface area contributed by atoms with E-state index in [9.17, 15) is 0 Å². The van der Waals surface area contributed by atoms with Crippen LogP contribution in [-0.4, -0.2) is 19.8 Å². The van der Waals surface area contributed by atoms with E-state index in [1.807, 2.05) is 0 Å². The Hall–Kier alpha value is -1.22. The first kappa shape index (κ1) is 12.8. The van der Waals surface area contributed by atoms with Crippen molar-refractivity contribution in [2.45, 2.75) is 44.4 Å². The van der Waals surface area contributed by atoms with E-state index in [0.29, 0.717) is 0 Å². The summed E-state index contributed by atoms with van der Waals surface area (Å²) in [4.78, 5) is 0. The Morgan fingerprint density at radius 1 is 1.05 bits per heavy atom. The topological polar surface area (TPSA) is 44.5 Å². The molecule has 1 aromatic rings. The maximum atomic E-state index is 6.10. The van der Waals surface area contributed by atoms with Gasteiger partial charge in [-0.3, -0.25) is 0 Å². The van der Waals surface area contributed by atoms with E-state index >= 15 is 0 Å². The summed E-state index contributed by atoms with van der Waals surface area (Å²) in [6.07, 6.45) is 5.91. The van der Waals surface area contributed by atoms with Crippen LogP contribution < -0.4 is 15.2 Å². The summed E-state index contributed by atoms with van der Waals surface area (Å²) >= 11 is 0. The lowest BCUT2D eigenvalue weighted by atomic mass is 9.77. The molecule has 0 saturated heterocycles. The second-order valence-corrected chi connectivity index (χ2v) is 5.86. The Morgan fingerprint density at radius 3 is 2.32 bits per heavy atom. The van der Waals surface area contributed by atoms with Crippen LogP contribution in [0.1, 0.15) is 43.2 Å². The summed E-state index contributed by atoms with van der Waals surface area (Å²) in [7, 11) is 0. The zero-order valence-electron chi connectivity index (χ0n) is 11.7. The molecule has 0 aromatic heterocycles. The number of hydrogen-bond acceptors (Lipinski definition) is 3. The number of nitrogens with two attached hydrogens (primary N) is 1. The molecule has 0 unspecified atom stereocenters. The Labute approximate surface area is 115 Å². The van der Waals surface area contributed by atoms with E-state index in [1.165, 1.54) is 36.8 Å². The van der Waals surface area contributed by atoms with Gasteiger partial charge < -0.3 is 15.2 Å². The highest BCUT2D eigenvalue weighted by atomic mass is 16.5. The number of fused-ring (bicyclic) bond motifs is 1. The summed E-state index contributed by atoms with van der Waals surface area (Å²) in [5.74, 6) is 1.79. The van der Waals surface area contributed by atoms with Crippen LogP contribution >= 0.6 is 0 Å². The van der Waals surface area contributed by atoms with Gasteiger partial charge in [0.05, 0.1) is 13.2 Å². The van der Waals surface area contributed by atoms with Gasteiger partial charge in [-0.15, -0.1) is 0 Å². The highest BCUT2D eigenvalue weighted by Crippen LogP contribution is 2.45. The first-order valence-corrected chi connectivity index (χ1v) is 7.36. The lowest BCUT2D eigenvalue weighted by Gasteiger charge is -2.30. The molecule has 0 atom stereocenters. The maximum absolute atomic E-state index is 6.10. The minimum absolute atomic E-state index is 0.161. The van der Waals surface area contributed by atoms with Crippen molar-refractivity contribution in [2.75, 3.05) is 19.8 Å². The Balaban J connectivity index is 2.04. The van der Waals surface area contributed by atoms with E-state index in [-0.39, 0.29) is 5.41 Å². The van der Waals surface area contributed by atoms with Crippen molar-refractivity contribution >= 4 is 0 Å². The molecule has 1 aliphatic carbocycles. The molecule has 3 heteroatoms. The molecule has 0 amide bonds. The molecule has 0 bridgehead atoms. The van der Waals surface area contributed by atoms with Crippen LogP contribution in [0.3, 0.4) is 0 Å². The van der Waals surface area contributed by atoms with Crippen LogP contribution in [0.2, 0.25) is 0 Å². The molecule has 0 radical (unpaired) electrons. The average Bonchev–Trinajstić information content (AvgIpc) is 2.79. The number of benzene rings is 1. The van der Waals surface area contributed by atoms with Crippen LogP contribution in [0.5, 0.6) is 11.5 Å². The lowest BCUT2D eigenvalue weighted by Crippen LogP contribution is -2.32. The zero-order chi connectivity index (χ0) is 13.3. The van der Waals surface area contributed by atoms with E-state index < -0.39 is 0 Å². The Bertz CT molecular complexity index is 464. The second kappa shape index (κ2) is 5.04. The monoisotopic (exact) mass is 261 g/mol. The lowest BCUT2D eigenvalue weighted by molar-refractivity contribution is 0.296. The smallest absolute Gasteiger partial charge is 0.161 e. The van der Waals surface area contributed by atoms with Gasteiger partial charge in [0.2, 0.25) is 0 Å². The van der Waals surface area contributed by atoms with Crippen molar-refractivity contribution in [1.29, 1.82) is 0 Å². The molecule has 1 heterocycles. The predicted octanol–water partition coefficient (Wildman–Crippen LogP) is 2.93. The van der Waals surface area contributed by atoms with Crippen molar-refractivity contribution < 1.29 is 9.47 Å². The van der Waals surface area contributed by atoms with Crippen LogP contribution in [-0.2, 0) is 5.41 Å². The third kappa shape index (κ3) is 2.20. The van der Waals surface area contributed by atoms with Gasteiger partial charge in [-0.05, 0) is 43.0 Å². The van der Waals surface area contributed by atoms with Crippen molar-refractivity contribution in [3.63, 3.8) is 0 Å². The molecule has 2 N–H and O–H groups in total. The van der Waals surface area contributed by atoms with Gasteiger partial charge in [0.15, 0.2) is 11.5 Å². The SMILES string of the molecule is Cc1cc2c(cc1C1(CN)CCCC1)OCCCO2. The first-order valence-electron chi connectivity index (χ1n) is 7.36. The summed E-state index contributed by atoms with van der Waals surface area (Å²) in [6.45, 7) is 4.38. The number of aryl methyl sites for hydroxylation is 1. The Morgan fingerprint density at radius 2 is 1.68 bits per heavy atom. The minimum atomic E-state index is 0.161. The molecule has 1 aromatic carbocycles. The predicted molar refractivity (Wildman–Crippen MR) is 76.0 cm³/mol. The highest BCUT2D eigenvalue weighted by Gasteiger charge is 2.36. The van der Waals surface area contributed by atoms with Gasteiger partial charge in [-0.2, -0.15) is 0 Å². The van der Waals surface area contributed by atoms with E-state index in [4.69, 9.17) is 15.2 Å². The molecule has 104 valence electrons. The zero-order valence-corrected chi connectivity index (χ0v) is 11.7. The largest absolute Gasteiger partial charge is 0.490 e. The molecule has 3 rings (SSSR count). The summed E-state index contributed by atoms with van der Waals surface area (Å²) in [5, 5.41) is 0. The molecule has 1 aliphatic heterocycles. The van der Waals surface area contributed by atoms with Crippen molar-refractivity contribution in [3.05, 3.63) is 23.3 Å². The summed E-state index contributed by atoms with van der Waals surface area (Å²) in [6, 6.07) is 4.32. The first-order chi connectivity index (χ1) is 9.25. The van der Waals surface area contributed by atoms with Crippen LogP contribution in [0.4, 0.5) is 0 Å². The second-order valence-electron chi connectivity index (χ2n) is 5.86. The van der Waals surface area contributed by atoms with Gasteiger partial charge in [0.1, 0.15) is 0 Å². The Kier molecular flexibility index (Phi) is 3.40. The standard InChI is InChI=1S/C16H23NO2/c1-12-9-14-15(19-8-4-7-18-14)10-13(12)16(11-17)5-2-3-6-16/h9-10H,2-8,11,17H2,1H3. The average molecular weight is 261 g/mol. The number of ether oxygens (including phenoxy) is 2. The third-order valence-electron chi connectivity index (χ3n) is 4.62. The number of hydrogen-bond donors (Lipinski definition) is 1. The molecule has 2 aliphatic rings. The summed E-state index contributed by atoms with van der Waals surface area (Å²) in [5.41, 5.74) is 8.93. The van der Waals surface area contributed by atoms with Gasteiger partial charge in [-0.1, -0.05) is 12.8 Å². The molecule has 1 saturated carbocycles. The fourth-order valence-electron chi connectivity index (χ4n) is 3.52. The van der Waals surface area contributed by atoms with Crippen molar-refractivity contribution in [2.24, 2.45) is 5.73 Å². The van der Waals surface area contributed by atoms with Crippen molar-refractivity contribution in [3.8, 4) is 11.5 Å². The number of rotatable bonds is 2. The fourth-order valence-corrected chi connectivity index (χ4v) is 3.52. The van der Waals surface area contributed by atoms with Gasteiger partial charge in [0, 0.05) is 18.4 Å². The van der Waals surface area contributed by atoms with Crippen LogP contribution in [0, 0.1) is 6.92 Å². The van der Waals surface area contributed by atoms with Crippen LogP contribution in [0.15, 0.2) is 12.1 Å². The molecular weight excluding hydrogens is 238 g/mol. The molecule has 1 fully saturated rings. The molecule has 3 nitrogen and oxygen atoms in total. The molecule has 19 heavy (non-hydrogen) atoms. The van der Waals surface area contributed by atoms with Crippen LogP contribution in [0.25, 0.3) is 0 Å². The van der Waals surface area contributed by atoms with E-state index in [2.05, 4.69) is 19.1 Å². The molecule has 0 spiro atoms. The quantitative estimate of drug-likeness (QED) is 0.890.